The molecule has 44 heavy (non-hydrogen) atoms. The Kier molecular flexibility index (Phi) is 7.71. The zero-order chi connectivity index (χ0) is 31.0. The Labute approximate surface area is 255 Å². The fraction of sp³-hybridized carbons (Fsp3) is 0.182. The van der Waals surface area contributed by atoms with Gasteiger partial charge in [0.25, 0.3) is 11.2 Å². The molecule has 0 unspecified atom stereocenters. The lowest BCUT2D eigenvalue weighted by Crippen LogP contribution is -2.39. The molecule has 0 bridgehead atoms. The van der Waals surface area contributed by atoms with Gasteiger partial charge in [-0.1, -0.05) is 59.9 Å². The molecule has 0 aliphatic carbocycles. The van der Waals surface area contributed by atoms with Crippen LogP contribution in [0.4, 0.5) is 5.69 Å². The van der Waals surface area contributed by atoms with Gasteiger partial charge in [0, 0.05) is 34.3 Å². The SMILES string of the molecule is CCOC(=O)C1=C(C)N=c2s/c(=C/c3cn(Cc4ccccc4[N+](=O)[O-])c4ccccc34)c(=O)n2[C@H]1c1ccc(OC)cc1. The predicted octanol–water partition coefficient (Wildman–Crippen LogP) is 4.72. The number of carbonyl (C=O) groups is 1. The summed E-state index contributed by atoms with van der Waals surface area (Å²) in [6, 6.07) is 20.9. The number of nitrogens with zero attached hydrogens (tertiary/aromatic N) is 4. The van der Waals surface area contributed by atoms with Gasteiger partial charge in [-0.15, -0.1) is 0 Å². The maximum absolute atomic E-state index is 14.1. The summed E-state index contributed by atoms with van der Waals surface area (Å²) in [6.07, 6.45) is 3.71. The maximum Gasteiger partial charge on any atom is 0.338 e. The van der Waals surface area contributed by atoms with Gasteiger partial charge in [0.1, 0.15) is 5.75 Å². The fourth-order valence-electron chi connectivity index (χ4n) is 5.56. The molecule has 6 rings (SSSR count). The van der Waals surface area contributed by atoms with E-state index in [1.165, 1.54) is 17.4 Å². The number of hydrogen-bond donors (Lipinski definition) is 0. The number of fused-ring (bicyclic) bond motifs is 2. The monoisotopic (exact) mass is 608 g/mol. The molecule has 0 spiro atoms. The van der Waals surface area contributed by atoms with Crippen LogP contribution in [0.5, 0.6) is 5.75 Å². The van der Waals surface area contributed by atoms with E-state index >= 15 is 0 Å². The number of carbonyl (C=O) groups excluding carboxylic acids is 1. The van der Waals surface area contributed by atoms with Gasteiger partial charge in [-0.05, 0) is 43.7 Å². The maximum atomic E-state index is 14.1. The molecule has 10 nitrogen and oxygen atoms in total. The number of thiazole rings is 1. The van der Waals surface area contributed by atoms with E-state index in [1.807, 2.05) is 53.2 Å². The minimum atomic E-state index is -0.738. The molecule has 3 heterocycles. The summed E-state index contributed by atoms with van der Waals surface area (Å²) in [5.41, 5.74) is 3.50. The van der Waals surface area contributed by atoms with Crippen molar-refractivity contribution >= 4 is 40.0 Å². The van der Waals surface area contributed by atoms with Crippen molar-refractivity contribution in [3.63, 3.8) is 0 Å². The number of aromatic nitrogens is 2. The highest BCUT2D eigenvalue weighted by atomic mass is 32.1. The molecular weight excluding hydrogens is 580 g/mol. The summed E-state index contributed by atoms with van der Waals surface area (Å²) in [5.74, 6) is 0.124. The highest BCUT2D eigenvalue weighted by molar-refractivity contribution is 7.07. The van der Waals surface area contributed by atoms with Crippen LogP contribution in [0.15, 0.2) is 100 Å². The van der Waals surface area contributed by atoms with Gasteiger partial charge < -0.3 is 14.0 Å². The first-order valence-corrected chi connectivity index (χ1v) is 14.8. The van der Waals surface area contributed by atoms with E-state index in [0.29, 0.717) is 31.9 Å². The largest absolute Gasteiger partial charge is 0.497 e. The molecule has 0 amide bonds. The van der Waals surface area contributed by atoms with Crippen molar-refractivity contribution < 1.29 is 19.2 Å². The zero-order valence-electron chi connectivity index (χ0n) is 24.2. The molecule has 11 heteroatoms. The number of para-hydroxylation sites is 2. The molecule has 0 radical (unpaired) electrons. The Hall–Kier alpha value is -5.29. The third kappa shape index (κ3) is 5.11. The number of rotatable bonds is 8. The van der Waals surface area contributed by atoms with E-state index in [9.17, 15) is 19.7 Å². The lowest BCUT2D eigenvalue weighted by atomic mass is 9.96. The molecule has 1 aliphatic rings. The highest BCUT2D eigenvalue weighted by Gasteiger charge is 2.33. The lowest BCUT2D eigenvalue weighted by molar-refractivity contribution is -0.385. The standard InChI is InChI=1S/C33H28N4O6S/c1-4-43-32(39)29-20(2)34-33-36(30(29)21-13-15-24(42-3)16-14-21)31(38)28(44-33)17-23-19-35(27-12-8-6-10-25(23)27)18-22-9-5-7-11-26(22)37(40)41/h5-17,19,30H,4,18H2,1-3H3/b28-17+/t30-/m0/s1. The van der Waals surface area contributed by atoms with Crippen molar-refractivity contribution in [3.8, 4) is 5.75 Å². The first kappa shape index (κ1) is 28.8. The molecule has 0 saturated carbocycles. The van der Waals surface area contributed by atoms with Gasteiger partial charge in [0.2, 0.25) is 0 Å². The van der Waals surface area contributed by atoms with Crippen LogP contribution in [0.1, 0.15) is 36.6 Å². The molecule has 1 aliphatic heterocycles. The Morgan fingerprint density at radius 3 is 2.55 bits per heavy atom. The zero-order valence-corrected chi connectivity index (χ0v) is 25.0. The van der Waals surface area contributed by atoms with E-state index in [0.717, 1.165) is 22.0 Å². The quantitative estimate of drug-likeness (QED) is 0.143. The number of ether oxygens (including phenoxy) is 2. The number of nitro groups is 1. The summed E-state index contributed by atoms with van der Waals surface area (Å²) in [4.78, 5) is 43.7. The predicted molar refractivity (Wildman–Crippen MR) is 168 cm³/mol. The summed E-state index contributed by atoms with van der Waals surface area (Å²) in [7, 11) is 1.57. The molecule has 2 aromatic heterocycles. The van der Waals surface area contributed by atoms with Crippen LogP contribution in [0.3, 0.4) is 0 Å². The van der Waals surface area contributed by atoms with E-state index in [1.54, 1.807) is 55.9 Å². The molecule has 5 aromatic rings. The van der Waals surface area contributed by atoms with E-state index in [2.05, 4.69) is 4.99 Å². The Morgan fingerprint density at radius 1 is 1.09 bits per heavy atom. The summed E-state index contributed by atoms with van der Waals surface area (Å²) in [6.45, 7) is 3.95. The Bertz CT molecular complexity index is 2140. The first-order chi connectivity index (χ1) is 21.3. The average molecular weight is 609 g/mol. The number of nitro benzene ring substituents is 1. The fourth-order valence-corrected chi connectivity index (χ4v) is 6.60. The Balaban J connectivity index is 1.51. The van der Waals surface area contributed by atoms with Crippen LogP contribution in [0.2, 0.25) is 0 Å². The van der Waals surface area contributed by atoms with Crippen molar-refractivity contribution in [2.75, 3.05) is 13.7 Å². The summed E-state index contributed by atoms with van der Waals surface area (Å²) in [5, 5.41) is 12.5. The van der Waals surface area contributed by atoms with Crippen LogP contribution in [-0.2, 0) is 16.1 Å². The van der Waals surface area contributed by atoms with Crippen LogP contribution in [0, 0.1) is 10.1 Å². The molecule has 222 valence electrons. The number of allylic oxidation sites excluding steroid dienone is 1. The van der Waals surface area contributed by atoms with Gasteiger partial charge in [-0.25, -0.2) is 9.79 Å². The van der Waals surface area contributed by atoms with Crippen LogP contribution < -0.4 is 19.6 Å². The third-order valence-electron chi connectivity index (χ3n) is 7.58. The summed E-state index contributed by atoms with van der Waals surface area (Å²) >= 11 is 1.24. The molecule has 0 fully saturated rings. The Morgan fingerprint density at radius 2 is 1.82 bits per heavy atom. The summed E-state index contributed by atoms with van der Waals surface area (Å²) < 4.78 is 14.6. The smallest absolute Gasteiger partial charge is 0.338 e. The van der Waals surface area contributed by atoms with E-state index in [4.69, 9.17) is 9.47 Å². The van der Waals surface area contributed by atoms with E-state index in [-0.39, 0.29) is 29.3 Å². The molecule has 3 aromatic carbocycles. The van der Waals surface area contributed by atoms with Crippen LogP contribution in [-0.4, -0.2) is 33.7 Å². The van der Waals surface area contributed by atoms with Gasteiger partial charge >= 0.3 is 5.97 Å². The van der Waals surface area contributed by atoms with Gasteiger partial charge in [0.05, 0.1) is 47.0 Å². The van der Waals surface area contributed by atoms with Gasteiger partial charge in [-0.3, -0.25) is 19.5 Å². The normalized spacial score (nSPS) is 14.8. The second kappa shape index (κ2) is 11.8. The minimum Gasteiger partial charge on any atom is -0.497 e. The molecule has 0 N–H and O–H groups in total. The minimum absolute atomic E-state index is 0.0476. The van der Waals surface area contributed by atoms with Crippen molar-refractivity contribution in [2.24, 2.45) is 4.99 Å². The molecule has 1 atom stereocenters. The molecular formula is C33H28N4O6S. The average Bonchev–Trinajstić information content (AvgIpc) is 3.52. The number of methoxy groups -OCH3 is 1. The topological polar surface area (TPSA) is 118 Å². The van der Waals surface area contributed by atoms with Crippen molar-refractivity contribution in [1.82, 2.24) is 9.13 Å². The van der Waals surface area contributed by atoms with Crippen LogP contribution >= 0.6 is 11.3 Å². The van der Waals surface area contributed by atoms with Crippen LogP contribution in [0.25, 0.3) is 17.0 Å². The number of esters is 1. The van der Waals surface area contributed by atoms with Crippen molar-refractivity contribution in [2.45, 2.75) is 26.4 Å². The molecule has 0 saturated heterocycles. The number of hydrogen-bond acceptors (Lipinski definition) is 8. The van der Waals surface area contributed by atoms with Gasteiger partial charge in [-0.2, -0.15) is 0 Å². The number of benzene rings is 3. The van der Waals surface area contributed by atoms with E-state index < -0.39 is 12.0 Å². The lowest BCUT2D eigenvalue weighted by Gasteiger charge is -2.24. The van der Waals surface area contributed by atoms with Crippen molar-refractivity contribution in [1.29, 1.82) is 0 Å². The second-order valence-corrected chi connectivity index (χ2v) is 11.2. The van der Waals surface area contributed by atoms with Crippen molar-refractivity contribution in [3.05, 3.63) is 137 Å². The second-order valence-electron chi connectivity index (χ2n) is 10.2. The third-order valence-corrected chi connectivity index (χ3v) is 8.57. The van der Waals surface area contributed by atoms with Gasteiger partial charge in [0.15, 0.2) is 4.80 Å². The highest BCUT2D eigenvalue weighted by Crippen LogP contribution is 2.32. The first-order valence-electron chi connectivity index (χ1n) is 13.9.